The number of pyridine rings is 1. The lowest BCUT2D eigenvalue weighted by Gasteiger charge is -2.20. The molecule has 1 aliphatic heterocycles. The highest BCUT2D eigenvalue weighted by atomic mass is 16.2. The molecule has 1 aromatic rings. The predicted molar refractivity (Wildman–Crippen MR) is 67.7 cm³/mol. The van der Waals surface area contributed by atoms with Crippen LogP contribution in [0.1, 0.15) is 36.3 Å². The molecule has 1 aliphatic rings. The van der Waals surface area contributed by atoms with Gasteiger partial charge in [0, 0.05) is 13.1 Å². The van der Waals surface area contributed by atoms with E-state index in [4.69, 9.17) is 5.73 Å². The van der Waals surface area contributed by atoms with Crippen molar-refractivity contribution in [1.29, 1.82) is 0 Å². The fraction of sp³-hybridized carbons (Fsp3) is 0.538. The number of amides is 1. The minimum atomic E-state index is 0.0490. The van der Waals surface area contributed by atoms with E-state index in [1.807, 2.05) is 11.8 Å². The van der Waals surface area contributed by atoms with Gasteiger partial charge in [0.2, 0.25) is 0 Å². The number of hydrogen-bond donors (Lipinski definition) is 1. The molecule has 2 N–H and O–H groups in total. The summed E-state index contributed by atoms with van der Waals surface area (Å²) in [4.78, 5) is 18.4. The van der Waals surface area contributed by atoms with Crippen molar-refractivity contribution in [2.45, 2.75) is 27.2 Å². The van der Waals surface area contributed by atoms with Gasteiger partial charge in [-0.05, 0) is 24.8 Å². The number of hydrogen-bond acceptors (Lipinski definition) is 3. The fourth-order valence-electron chi connectivity index (χ4n) is 2.22. The first-order valence-corrected chi connectivity index (χ1v) is 5.90. The molecule has 1 fully saturated rings. The average molecular weight is 233 g/mol. The van der Waals surface area contributed by atoms with E-state index in [1.165, 1.54) is 0 Å². The quantitative estimate of drug-likeness (QED) is 0.805. The number of carbonyl (C=O) groups excluding carboxylic acids is 1. The van der Waals surface area contributed by atoms with Crippen LogP contribution in [0, 0.1) is 12.3 Å². The topological polar surface area (TPSA) is 59.2 Å². The maximum Gasteiger partial charge on any atom is 0.255 e. The molecule has 0 aromatic carbocycles. The van der Waals surface area contributed by atoms with Crippen molar-refractivity contribution in [1.82, 2.24) is 9.88 Å². The summed E-state index contributed by atoms with van der Waals surface area (Å²) in [7, 11) is 0. The van der Waals surface area contributed by atoms with Crippen LogP contribution in [0.15, 0.2) is 12.3 Å². The molecule has 92 valence electrons. The Morgan fingerprint density at radius 1 is 1.53 bits per heavy atom. The Morgan fingerprint density at radius 2 is 2.24 bits per heavy atom. The number of carbonyl (C=O) groups is 1. The van der Waals surface area contributed by atoms with Crippen LogP contribution in [0.2, 0.25) is 0 Å². The second kappa shape index (κ2) is 4.02. The van der Waals surface area contributed by atoms with Crippen LogP contribution < -0.4 is 5.73 Å². The summed E-state index contributed by atoms with van der Waals surface area (Å²) in [6, 6.07) is 1.72. The van der Waals surface area contributed by atoms with Gasteiger partial charge < -0.3 is 10.6 Å². The van der Waals surface area contributed by atoms with Crippen LogP contribution in [0.25, 0.3) is 0 Å². The molecule has 1 saturated heterocycles. The maximum atomic E-state index is 12.3. The second-order valence-corrected chi connectivity index (χ2v) is 5.54. The largest absolute Gasteiger partial charge is 0.397 e. The zero-order valence-corrected chi connectivity index (χ0v) is 10.7. The molecule has 0 aliphatic carbocycles. The zero-order valence-electron chi connectivity index (χ0n) is 10.7. The van der Waals surface area contributed by atoms with Crippen molar-refractivity contribution in [3.63, 3.8) is 0 Å². The monoisotopic (exact) mass is 233 g/mol. The lowest BCUT2D eigenvalue weighted by atomic mass is 9.93. The fourth-order valence-corrected chi connectivity index (χ4v) is 2.22. The Balaban J connectivity index is 2.23. The molecule has 2 rings (SSSR count). The van der Waals surface area contributed by atoms with Gasteiger partial charge >= 0.3 is 0 Å². The van der Waals surface area contributed by atoms with Crippen LogP contribution in [0.4, 0.5) is 5.69 Å². The molecule has 17 heavy (non-hydrogen) atoms. The number of nitrogens with zero attached hydrogens (tertiary/aromatic N) is 2. The van der Waals surface area contributed by atoms with Crippen molar-refractivity contribution < 1.29 is 4.79 Å². The molecule has 2 heterocycles. The van der Waals surface area contributed by atoms with Crippen molar-refractivity contribution in [3.8, 4) is 0 Å². The number of aromatic nitrogens is 1. The standard InChI is InChI=1S/C13H19N3O/c1-9-11(6-10(14)7-15-9)12(17)16-5-4-13(2,3)8-16/h6-7H,4-5,8,14H2,1-3H3. The first-order chi connectivity index (χ1) is 7.89. The summed E-state index contributed by atoms with van der Waals surface area (Å²) >= 11 is 0. The van der Waals surface area contributed by atoms with Gasteiger partial charge in [-0.3, -0.25) is 9.78 Å². The molecular weight excluding hydrogens is 214 g/mol. The highest BCUT2D eigenvalue weighted by molar-refractivity contribution is 5.96. The SMILES string of the molecule is Cc1ncc(N)cc1C(=O)N1CCC(C)(C)C1. The zero-order chi connectivity index (χ0) is 12.6. The summed E-state index contributed by atoms with van der Waals surface area (Å²) in [6.45, 7) is 7.84. The van der Waals surface area contributed by atoms with E-state index < -0.39 is 0 Å². The summed E-state index contributed by atoms with van der Waals surface area (Å²) in [6.07, 6.45) is 2.63. The van der Waals surface area contributed by atoms with E-state index in [0.29, 0.717) is 11.3 Å². The van der Waals surface area contributed by atoms with E-state index in [9.17, 15) is 4.79 Å². The summed E-state index contributed by atoms with van der Waals surface area (Å²) < 4.78 is 0. The van der Waals surface area contributed by atoms with E-state index in [0.717, 1.165) is 25.2 Å². The number of likely N-dealkylation sites (tertiary alicyclic amines) is 1. The van der Waals surface area contributed by atoms with Crippen molar-refractivity contribution in [2.24, 2.45) is 5.41 Å². The molecule has 0 unspecified atom stereocenters. The molecule has 4 heteroatoms. The maximum absolute atomic E-state index is 12.3. The van der Waals surface area contributed by atoms with Gasteiger partial charge in [-0.25, -0.2) is 0 Å². The third-order valence-electron chi connectivity index (χ3n) is 3.30. The van der Waals surface area contributed by atoms with E-state index in [-0.39, 0.29) is 11.3 Å². The first-order valence-electron chi connectivity index (χ1n) is 5.90. The summed E-state index contributed by atoms with van der Waals surface area (Å²) in [5, 5.41) is 0. The van der Waals surface area contributed by atoms with Crippen molar-refractivity contribution in [3.05, 3.63) is 23.5 Å². The molecule has 0 bridgehead atoms. The highest BCUT2D eigenvalue weighted by Crippen LogP contribution is 2.30. The Morgan fingerprint density at radius 3 is 2.82 bits per heavy atom. The Bertz CT molecular complexity index is 454. The smallest absolute Gasteiger partial charge is 0.255 e. The number of rotatable bonds is 1. The minimum absolute atomic E-state index is 0.0490. The predicted octanol–water partition coefficient (Wildman–Crippen LogP) is 1.84. The lowest BCUT2D eigenvalue weighted by molar-refractivity contribution is 0.0777. The molecule has 4 nitrogen and oxygen atoms in total. The van der Waals surface area contributed by atoms with E-state index in [1.54, 1.807) is 12.3 Å². The first kappa shape index (κ1) is 11.9. The molecule has 1 aromatic heterocycles. The van der Waals surface area contributed by atoms with E-state index >= 15 is 0 Å². The number of nitrogen functional groups attached to an aromatic ring is 1. The molecule has 0 radical (unpaired) electrons. The van der Waals surface area contributed by atoms with Gasteiger partial charge in [-0.15, -0.1) is 0 Å². The Kier molecular flexibility index (Phi) is 2.81. The lowest BCUT2D eigenvalue weighted by Crippen LogP contribution is -2.31. The molecule has 0 spiro atoms. The van der Waals surface area contributed by atoms with Crippen molar-refractivity contribution in [2.75, 3.05) is 18.8 Å². The van der Waals surface area contributed by atoms with Gasteiger partial charge in [-0.1, -0.05) is 13.8 Å². The number of aryl methyl sites for hydroxylation is 1. The van der Waals surface area contributed by atoms with Gasteiger partial charge in [-0.2, -0.15) is 0 Å². The third-order valence-corrected chi connectivity index (χ3v) is 3.30. The Labute approximate surface area is 102 Å². The van der Waals surface area contributed by atoms with Gasteiger partial charge in [0.05, 0.1) is 23.1 Å². The van der Waals surface area contributed by atoms with Crippen molar-refractivity contribution >= 4 is 11.6 Å². The summed E-state index contributed by atoms with van der Waals surface area (Å²) in [5.74, 6) is 0.0490. The second-order valence-electron chi connectivity index (χ2n) is 5.54. The summed E-state index contributed by atoms with van der Waals surface area (Å²) in [5.41, 5.74) is 7.81. The highest BCUT2D eigenvalue weighted by Gasteiger charge is 2.32. The van der Waals surface area contributed by atoms with Gasteiger partial charge in [0.25, 0.3) is 5.91 Å². The van der Waals surface area contributed by atoms with Crippen LogP contribution >= 0.6 is 0 Å². The molecule has 1 amide bonds. The van der Waals surface area contributed by atoms with Gasteiger partial charge in [0.15, 0.2) is 0 Å². The van der Waals surface area contributed by atoms with Crippen LogP contribution in [-0.4, -0.2) is 28.9 Å². The normalized spacial score (nSPS) is 18.4. The van der Waals surface area contributed by atoms with Gasteiger partial charge in [0.1, 0.15) is 0 Å². The minimum Gasteiger partial charge on any atom is -0.397 e. The molecule has 0 atom stereocenters. The molecular formula is C13H19N3O. The number of anilines is 1. The number of nitrogens with two attached hydrogens (primary N) is 1. The van der Waals surface area contributed by atoms with Crippen LogP contribution in [0.3, 0.4) is 0 Å². The van der Waals surface area contributed by atoms with Crippen LogP contribution in [-0.2, 0) is 0 Å². The Hall–Kier alpha value is -1.58. The molecule has 0 saturated carbocycles. The van der Waals surface area contributed by atoms with E-state index in [2.05, 4.69) is 18.8 Å². The third kappa shape index (κ3) is 2.40. The van der Waals surface area contributed by atoms with Crippen LogP contribution in [0.5, 0.6) is 0 Å². The average Bonchev–Trinajstić information content (AvgIpc) is 2.61.